The number of nitrogens with zero attached hydrogens (tertiary/aromatic N) is 2. The van der Waals surface area contributed by atoms with E-state index in [-0.39, 0.29) is 5.78 Å². The number of carbonyl (C=O) groups excluding carboxylic acids is 1. The summed E-state index contributed by atoms with van der Waals surface area (Å²) in [6, 6.07) is 1.95. The molecule has 0 aliphatic heterocycles. The first kappa shape index (κ1) is 11.1. The molecule has 2 aromatic heterocycles. The van der Waals surface area contributed by atoms with E-state index < -0.39 is 0 Å². The smallest absolute Gasteiger partial charge is 0.206 e. The number of carbonyl (C=O) groups is 1. The van der Waals surface area contributed by atoms with Crippen LogP contribution < -0.4 is 0 Å². The van der Waals surface area contributed by atoms with Gasteiger partial charge in [-0.15, -0.1) is 11.3 Å². The summed E-state index contributed by atoms with van der Waals surface area (Å²) in [6.07, 6.45) is 3.43. The van der Waals surface area contributed by atoms with Gasteiger partial charge in [-0.2, -0.15) is 5.10 Å². The number of hydrogen-bond donors (Lipinski definition) is 0. The predicted octanol–water partition coefficient (Wildman–Crippen LogP) is 2.81. The predicted molar refractivity (Wildman–Crippen MR) is 65.1 cm³/mol. The molecule has 0 aliphatic rings. The quantitative estimate of drug-likeness (QED) is 0.765. The number of aryl methyl sites for hydroxylation is 3. The fraction of sp³-hybridized carbons (Fsp3) is 0.333. The van der Waals surface area contributed by atoms with Gasteiger partial charge in [0, 0.05) is 17.6 Å². The van der Waals surface area contributed by atoms with Gasteiger partial charge in [0.2, 0.25) is 5.78 Å². The van der Waals surface area contributed by atoms with Gasteiger partial charge >= 0.3 is 0 Å². The number of aromatic nitrogens is 2. The molecule has 2 heterocycles. The van der Waals surface area contributed by atoms with Crippen LogP contribution in [0.5, 0.6) is 0 Å². The summed E-state index contributed by atoms with van der Waals surface area (Å²) in [4.78, 5) is 14.1. The second-order valence-electron chi connectivity index (χ2n) is 3.76. The van der Waals surface area contributed by atoms with Gasteiger partial charge in [-0.05, 0) is 32.4 Å². The summed E-state index contributed by atoms with van der Waals surface area (Å²) in [7, 11) is 0. The summed E-state index contributed by atoms with van der Waals surface area (Å²) in [5.41, 5.74) is 1.85. The van der Waals surface area contributed by atoms with Gasteiger partial charge in [-0.1, -0.05) is 0 Å². The molecule has 0 saturated carbocycles. The molecule has 0 N–H and O–H groups in total. The lowest BCUT2D eigenvalue weighted by Crippen LogP contribution is -1.97. The molecule has 0 unspecified atom stereocenters. The topological polar surface area (TPSA) is 34.9 Å². The van der Waals surface area contributed by atoms with Crippen molar-refractivity contribution < 1.29 is 4.79 Å². The van der Waals surface area contributed by atoms with E-state index in [0.717, 1.165) is 11.4 Å². The van der Waals surface area contributed by atoms with Crippen LogP contribution >= 0.6 is 11.3 Å². The van der Waals surface area contributed by atoms with E-state index in [1.807, 2.05) is 26.8 Å². The lowest BCUT2D eigenvalue weighted by atomic mass is 10.2. The Hall–Kier alpha value is -1.42. The van der Waals surface area contributed by atoms with Crippen LogP contribution in [0.2, 0.25) is 0 Å². The first-order valence-electron chi connectivity index (χ1n) is 5.26. The van der Waals surface area contributed by atoms with Crippen molar-refractivity contribution in [1.82, 2.24) is 9.78 Å². The van der Waals surface area contributed by atoms with Crippen LogP contribution in [-0.2, 0) is 6.54 Å². The summed E-state index contributed by atoms with van der Waals surface area (Å²) < 4.78 is 1.76. The normalized spacial score (nSPS) is 10.7. The third-order valence-electron chi connectivity index (χ3n) is 2.61. The third kappa shape index (κ3) is 1.93. The van der Waals surface area contributed by atoms with E-state index in [9.17, 15) is 4.79 Å². The molecule has 0 fully saturated rings. The Morgan fingerprint density at radius 1 is 1.50 bits per heavy atom. The number of hydrogen-bond acceptors (Lipinski definition) is 3. The molecule has 0 atom stereocenters. The Bertz CT molecular complexity index is 505. The Labute approximate surface area is 98.7 Å². The van der Waals surface area contributed by atoms with Crippen molar-refractivity contribution >= 4 is 17.1 Å². The lowest BCUT2D eigenvalue weighted by molar-refractivity contribution is 0.104. The first-order valence-corrected chi connectivity index (χ1v) is 6.07. The third-order valence-corrected chi connectivity index (χ3v) is 3.76. The molecule has 4 heteroatoms. The summed E-state index contributed by atoms with van der Waals surface area (Å²) >= 11 is 1.55. The zero-order valence-corrected chi connectivity index (χ0v) is 10.5. The van der Waals surface area contributed by atoms with Gasteiger partial charge in [-0.3, -0.25) is 9.48 Å². The van der Waals surface area contributed by atoms with E-state index in [1.54, 1.807) is 28.4 Å². The fourth-order valence-corrected chi connectivity index (χ4v) is 2.48. The summed E-state index contributed by atoms with van der Waals surface area (Å²) in [6.45, 7) is 6.85. The van der Waals surface area contributed by atoms with E-state index >= 15 is 0 Å². The zero-order valence-electron chi connectivity index (χ0n) is 9.65. The Balaban J connectivity index is 2.31. The van der Waals surface area contributed by atoms with Crippen molar-refractivity contribution in [2.75, 3.05) is 0 Å². The van der Waals surface area contributed by atoms with Crippen LogP contribution in [0.3, 0.4) is 0 Å². The highest BCUT2D eigenvalue weighted by Crippen LogP contribution is 2.23. The second-order valence-corrected chi connectivity index (χ2v) is 5.02. The van der Waals surface area contributed by atoms with Crippen molar-refractivity contribution in [2.45, 2.75) is 27.3 Å². The monoisotopic (exact) mass is 234 g/mol. The van der Waals surface area contributed by atoms with Gasteiger partial charge in [-0.25, -0.2) is 0 Å². The Kier molecular flexibility index (Phi) is 2.92. The minimum atomic E-state index is 0.0703. The molecule has 84 valence electrons. The molecule has 0 saturated heterocycles. The standard InChI is InChI=1S/C12H14N2OS/c1-4-14-7-10(6-13-14)12(15)11-5-8(2)9(3)16-11/h5-7H,4H2,1-3H3. The molecule has 2 aromatic rings. The van der Waals surface area contributed by atoms with Crippen molar-refractivity contribution in [3.05, 3.63) is 39.3 Å². The lowest BCUT2D eigenvalue weighted by Gasteiger charge is -1.92. The van der Waals surface area contributed by atoms with E-state index in [1.165, 1.54) is 10.4 Å². The highest BCUT2D eigenvalue weighted by Gasteiger charge is 2.14. The minimum Gasteiger partial charge on any atom is -0.288 e. The van der Waals surface area contributed by atoms with Crippen molar-refractivity contribution in [2.24, 2.45) is 0 Å². The number of ketones is 1. The maximum Gasteiger partial charge on any atom is 0.206 e. The Morgan fingerprint density at radius 3 is 2.75 bits per heavy atom. The largest absolute Gasteiger partial charge is 0.288 e. The van der Waals surface area contributed by atoms with E-state index in [4.69, 9.17) is 0 Å². The maximum atomic E-state index is 12.1. The minimum absolute atomic E-state index is 0.0703. The molecule has 0 radical (unpaired) electrons. The summed E-state index contributed by atoms with van der Waals surface area (Å²) in [5, 5.41) is 4.11. The fourth-order valence-electron chi connectivity index (χ4n) is 1.48. The van der Waals surface area contributed by atoms with Gasteiger partial charge in [0.05, 0.1) is 16.6 Å². The maximum absolute atomic E-state index is 12.1. The average molecular weight is 234 g/mol. The molecular formula is C12H14N2OS. The van der Waals surface area contributed by atoms with Crippen LogP contribution in [0, 0.1) is 13.8 Å². The second kappa shape index (κ2) is 4.22. The number of rotatable bonds is 3. The molecular weight excluding hydrogens is 220 g/mol. The van der Waals surface area contributed by atoms with Crippen molar-refractivity contribution in [3.63, 3.8) is 0 Å². The highest BCUT2D eigenvalue weighted by molar-refractivity contribution is 7.14. The molecule has 0 bridgehead atoms. The SMILES string of the molecule is CCn1cc(C(=O)c2cc(C)c(C)s2)cn1. The van der Waals surface area contributed by atoms with Crippen LogP contribution in [0.1, 0.15) is 32.6 Å². The van der Waals surface area contributed by atoms with Crippen LogP contribution in [0.15, 0.2) is 18.5 Å². The molecule has 0 amide bonds. The van der Waals surface area contributed by atoms with Gasteiger partial charge in [0.1, 0.15) is 0 Å². The molecule has 0 aromatic carbocycles. The number of thiophene rings is 1. The molecule has 0 aliphatic carbocycles. The van der Waals surface area contributed by atoms with Crippen LogP contribution in [-0.4, -0.2) is 15.6 Å². The van der Waals surface area contributed by atoms with E-state index in [2.05, 4.69) is 5.10 Å². The van der Waals surface area contributed by atoms with E-state index in [0.29, 0.717) is 5.56 Å². The first-order chi connectivity index (χ1) is 7.61. The van der Waals surface area contributed by atoms with Crippen LogP contribution in [0.4, 0.5) is 0 Å². The highest BCUT2D eigenvalue weighted by atomic mass is 32.1. The Morgan fingerprint density at radius 2 is 2.25 bits per heavy atom. The molecule has 2 rings (SSSR count). The van der Waals surface area contributed by atoms with Crippen molar-refractivity contribution in [3.8, 4) is 0 Å². The van der Waals surface area contributed by atoms with Crippen LogP contribution in [0.25, 0.3) is 0 Å². The average Bonchev–Trinajstić information content (AvgIpc) is 2.86. The van der Waals surface area contributed by atoms with Crippen molar-refractivity contribution in [1.29, 1.82) is 0 Å². The van der Waals surface area contributed by atoms with Gasteiger partial charge in [0.25, 0.3) is 0 Å². The molecule has 0 spiro atoms. The zero-order chi connectivity index (χ0) is 11.7. The molecule has 16 heavy (non-hydrogen) atoms. The van der Waals surface area contributed by atoms with Gasteiger partial charge < -0.3 is 0 Å². The van der Waals surface area contributed by atoms with Gasteiger partial charge in [0.15, 0.2) is 0 Å². The molecule has 3 nitrogen and oxygen atoms in total. The summed E-state index contributed by atoms with van der Waals surface area (Å²) in [5.74, 6) is 0.0703.